The van der Waals surface area contributed by atoms with Gasteiger partial charge in [-0.1, -0.05) is 25.3 Å². The Bertz CT molecular complexity index is 1180. The second kappa shape index (κ2) is 13.2. The van der Waals surface area contributed by atoms with Crippen LogP contribution in [-0.4, -0.2) is 85.1 Å². The van der Waals surface area contributed by atoms with E-state index >= 15 is 0 Å². The maximum absolute atomic E-state index is 13.7. The Morgan fingerprint density at radius 3 is 2.37 bits per heavy atom. The lowest BCUT2D eigenvalue weighted by Gasteiger charge is -2.39. The van der Waals surface area contributed by atoms with E-state index in [9.17, 15) is 9.59 Å². The Kier molecular flexibility index (Phi) is 9.49. The van der Waals surface area contributed by atoms with Gasteiger partial charge >= 0.3 is 0 Å². The summed E-state index contributed by atoms with van der Waals surface area (Å²) < 4.78 is 18.7. The molecule has 1 aromatic carbocycles. The van der Waals surface area contributed by atoms with Crippen molar-refractivity contribution in [2.45, 2.75) is 82.3 Å². The summed E-state index contributed by atoms with van der Waals surface area (Å²) in [6.45, 7) is 5.99. The minimum absolute atomic E-state index is 0.0734. The maximum atomic E-state index is 13.7. The summed E-state index contributed by atoms with van der Waals surface area (Å²) in [6, 6.07) is 7.41. The maximum Gasteiger partial charge on any atom is 0.272 e. The largest absolute Gasteiger partial charge is 0.496 e. The van der Waals surface area contributed by atoms with Crippen molar-refractivity contribution in [3.05, 3.63) is 30.0 Å². The van der Waals surface area contributed by atoms with E-state index in [1.807, 2.05) is 35.9 Å². The fraction of sp³-hybridized carbons (Fsp3) is 0.645. The van der Waals surface area contributed by atoms with Crippen molar-refractivity contribution < 1.29 is 23.8 Å². The summed E-state index contributed by atoms with van der Waals surface area (Å²) in [5, 5.41) is 11.1. The second-order valence-corrected chi connectivity index (χ2v) is 12.0. The smallest absolute Gasteiger partial charge is 0.272 e. The number of aromatic nitrogens is 2. The number of carbonyl (C=O) groups is 2. The number of carbonyl (C=O) groups excluding carboxylic acids is 2. The van der Waals surface area contributed by atoms with E-state index < -0.39 is 0 Å². The zero-order chi connectivity index (χ0) is 28.8. The number of piperidine rings is 1. The third kappa shape index (κ3) is 7.04. The highest BCUT2D eigenvalue weighted by Crippen LogP contribution is 2.41. The van der Waals surface area contributed by atoms with E-state index in [0.29, 0.717) is 36.8 Å². The number of amides is 2. The molecule has 41 heavy (non-hydrogen) atoms. The molecule has 3 heterocycles. The van der Waals surface area contributed by atoms with Crippen LogP contribution >= 0.6 is 0 Å². The molecule has 0 spiro atoms. The molecule has 0 radical (unpaired) electrons. The summed E-state index contributed by atoms with van der Waals surface area (Å²) >= 11 is 0. The molecule has 2 aromatic rings. The number of likely N-dealkylation sites (tertiary alicyclic amines) is 1. The van der Waals surface area contributed by atoms with E-state index in [1.165, 1.54) is 19.3 Å². The molecule has 224 valence electrons. The number of nitrogens with one attached hydrogen (secondary N) is 2. The van der Waals surface area contributed by atoms with Gasteiger partial charge < -0.3 is 29.7 Å². The molecule has 5 rings (SSSR count). The fourth-order valence-corrected chi connectivity index (χ4v) is 6.32. The molecular formula is C31H45N5O5. The zero-order valence-electron chi connectivity index (χ0n) is 24.7. The molecule has 2 saturated heterocycles. The molecule has 1 aliphatic carbocycles. The zero-order valence-corrected chi connectivity index (χ0v) is 24.7. The fourth-order valence-electron chi connectivity index (χ4n) is 6.32. The lowest BCUT2D eigenvalue weighted by molar-refractivity contribution is -0.131. The molecule has 3 fully saturated rings. The van der Waals surface area contributed by atoms with Crippen molar-refractivity contribution in [2.75, 3.05) is 47.1 Å². The van der Waals surface area contributed by atoms with Gasteiger partial charge in [0.1, 0.15) is 11.5 Å². The number of hydrogen-bond acceptors (Lipinski definition) is 7. The van der Waals surface area contributed by atoms with Crippen LogP contribution in [0.15, 0.2) is 24.3 Å². The molecule has 0 unspecified atom stereocenters. The van der Waals surface area contributed by atoms with Crippen LogP contribution in [0.1, 0.15) is 81.2 Å². The first kappa shape index (κ1) is 29.4. The van der Waals surface area contributed by atoms with Crippen LogP contribution in [-0.2, 0) is 9.53 Å². The number of ether oxygens (including phenoxy) is 3. The van der Waals surface area contributed by atoms with Crippen molar-refractivity contribution >= 4 is 11.8 Å². The molecule has 1 atom stereocenters. The molecule has 10 heteroatoms. The van der Waals surface area contributed by atoms with Crippen LogP contribution in [0.2, 0.25) is 0 Å². The van der Waals surface area contributed by atoms with Crippen LogP contribution in [0.3, 0.4) is 0 Å². The Morgan fingerprint density at radius 1 is 1.07 bits per heavy atom. The summed E-state index contributed by atoms with van der Waals surface area (Å²) in [4.78, 5) is 29.2. The second-order valence-electron chi connectivity index (χ2n) is 12.0. The van der Waals surface area contributed by atoms with Gasteiger partial charge in [0.15, 0.2) is 5.69 Å². The highest BCUT2D eigenvalue weighted by atomic mass is 16.5. The molecule has 2 N–H and O–H groups in total. The molecule has 1 saturated carbocycles. The average molecular weight is 568 g/mol. The first-order valence-electron chi connectivity index (χ1n) is 15.1. The van der Waals surface area contributed by atoms with Crippen LogP contribution in [0.4, 0.5) is 0 Å². The molecule has 10 nitrogen and oxygen atoms in total. The Balaban J connectivity index is 1.38. The Hall–Kier alpha value is -3.11. The number of methoxy groups -OCH3 is 2. The van der Waals surface area contributed by atoms with Gasteiger partial charge in [-0.3, -0.25) is 14.3 Å². The summed E-state index contributed by atoms with van der Waals surface area (Å²) in [6.07, 6.45) is 8.85. The number of rotatable bonds is 12. The molecule has 3 aliphatic rings. The van der Waals surface area contributed by atoms with Crippen molar-refractivity contribution in [3.63, 3.8) is 0 Å². The monoisotopic (exact) mass is 567 g/mol. The first-order valence-corrected chi connectivity index (χ1v) is 15.1. The molecule has 2 amide bonds. The number of hydrogen-bond donors (Lipinski definition) is 2. The van der Waals surface area contributed by atoms with Gasteiger partial charge in [0.05, 0.1) is 50.3 Å². The highest BCUT2D eigenvalue weighted by molar-refractivity contribution is 5.94. The van der Waals surface area contributed by atoms with Crippen LogP contribution < -0.4 is 20.1 Å². The summed E-state index contributed by atoms with van der Waals surface area (Å²) in [7, 11) is 3.27. The standard InChI is InChI=1S/C31H45N5O5/c1-31(20-41-21-31)33-28(37)18-22(14-17-35-15-7-4-8-16-35)32-30(38)24-19-25(36(34-24)23-10-5-6-11-23)29-26(39-2)12-9-13-27(29)40-3/h9,12-13,19,22-23H,4-8,10-11,14-18,20-21H2,1-3H3,(H,32,38)(H,33,37)/t22-/m0/s1. The topological polar surface area (TPSA) is 107 Å². The molecule has 2 aliphatic heterocycles. The van der Waals surface area contributed by atoms with Gasteiger partial charge in [0.2, 0.25) is 5.91 Å². The normalized spacial score (nSPS) is 19.8. The van der Waals surface area contributed by atoms with Crippen LogP contribution in [0.25, 0.3) is 11.3 Å². The quantitative estimate of drug-likeness (QED) is 0.400. The van der Waals surface area contributed by atoms with Gasteiger partial charge in [-0.2, -0.15) is 5.10 Å². The first-order chi connectivity index (χ1) is 19.9. The molecular weight excluding hydrogens is 522 g/mol. The van der Waals surface area contributed by atoms with E-state index in [1.54, 1.807) is 14.2 Å². The predicted octanol–water partition coefficient (Wildman–Crippen LogP) is 3.95. The van der Waals surface area contributed by atoms with Crippen molar-refractivity contribution in [1.82, 2.24) is 25.3 Å². The Labute approximate surface area is 243 Å². The van der Waals surface area contributed by atoms with Crippen LogP contribution in [0.5, 0.6) is 11.5 Å². The van der Waals surface area contributed by atoms with E-state index in [-0.39, 0.29) is 35.9 Å². The molecule has 1 aromatic heterocycles. The van der Waals surface area contributed by atoms with Gasteiger partial charge in [0.25, 0.3) is 5.91 Å². The van der Waals surface area contributed by atoms with Crippen molar-refractivity contribution in [1.29, 1.82) is 0 Å². The SMILES string of the molecule is COc1cccc(OC)c1-c1cc(C(=O)N[C@@H](CCN2CCCCC2)CC(=O)NC2(C)COC2)nn1C1CCCC1. The van der Waals surface area contributed by atoms with Crippen molar-refractivity contribution in [3.8, 4) is 22.8 Å². The average Bonchev–Trinajstić information content (AvgIpc) is 3.65. The summed E-state index contributed by atoms with van der Waals surface area (Å²) in [5.74, 6) is 0.988. The van der Waals surface area contributed by atoms with Crippen LogP contribution in [0, 0.1) is 0 Å². The van der Waals surface area contributed by atoms with Gasteiger partial charge in [0, 0.05) is 19.0 Å². The third-order valence-electron chi connectivity index (χ3n) is 8.61. The van der Waals surface area contributed by atoms with Gasteiger partial charge in [-0.15, -0.1) is 0 Å². The Morgan fingerprint density at radius 2 is 1.76 bits per heavy atom. The minimum atomic E-state index is -0.332. The lowest BCUT2D eigenvalue weighted by atomic mass is 9.99. The summed E-state index contributed by atoms with van der Waals surface area (Å²) in [5.41, 5.74) is 1.59. The third-order valence-corrected chi connectivity index (χ3v) is 8.61. The van der Waals surface area contributed by atoms with E-state index in [2.05, 4.69) is 15.5 Å². The number of nitrogens with zero attached hydrogens (tertiary/aromatic N) is 3. The van der Waals surface area contributed by atoms with Gasteiger partial charge in [-0.25, -0.2) is 0 Å². The molecule has 0 bridgehead atoms. The van der Waals surface area contributed by atoms with Crippen molar-refractivity contribution in [2.24, 2.45) is 0 Å². The van der Waals surface area contributed by atoms with E-state index in [0.717, 1.165) is 56.6 Å². The van der Waals surface area contributed by atoms with E-state index in [4.69, 9.17) is 19.3 Å². The van der Waals surface area contributed by atoms with Gasteiger partial charge in [-0.05, 0) is 70.3 Å². The number of benzene rings is 1. The lowest BCUT2D eigenvalue weighted by Crippen LogP contribution is -2.60. The predicted molar refractivity (Wildman–Crippen MR) is 156 cm³/mol. The minimum Gasteiger partial charge on any atom is -0.496 e. The highest BCUT2D eigenvalue weighted by Gasteiger charge is 2.35.